The number of hydrogen-bond acceptors (Lipinski definition) is 6. The summed E-state index contributed by atoms with van der Waals surface area (Å²) in [4.78, 5) is 5.03. The number of benzene rings is 2. The maximum absolute atomic E-state index is 14.1. The predicted molar refractivity (Wildman–Crippen MR) is 173 cm³/mol. The van der Waals surface area contributed by atoms with Gasteiger partial charge in [-0.2, -0.15) is 8.61 Å². The summed E-state index contributed by atoms with van der Waals surface area (Å²) in [5.41, 5.74) is 1.60. The van der Waals surface area contributed by atoms with Gasteiger partial charge in [0.25, 0.3) is 0 Å². The van der Waals surface area contributed by atoms with Crippen molar-refractivity contribution in [1.82, 2.24) is 13.5 Å². The Kier molecular flexibility index (Phi) is 10.2. The van der Waals surface area contributed by atoms with Crippen LogP contribution in [-0.2, 0) is 20.0 Å². The van der Waals surface area contributed by atoms with E-state index in [-0.39, 0.29) is 5.41 Å². The zero-order valence-corrected chi connectivity index (χ0v) is 27.9. The number of anilines is 1. The molecule has 8 nitrogen and oxygen atoms in total. The second kappa shape index (κ2) is 13.6. The molecule has 1 heterocycles. The lowest BCUT2D eigenvalue weighted by molar-refractivity contribution is 0.177. The quantitative estimate of drug-likeness (QED) is 0.419. The fourth-order valence-electron chi connectivity index (χ4n) is 6.75. The summed E-state index contributed by atoms with van der Waals surface area (Å²) < 4.78 is 59.5. The molecule has 0 atom stereocenters. The molecule has 0 radical (unpaired) electrons. The number of nitrogens with zero attached hydrogens (tertiary/aromatic N) is 4. The number of aryl methyl sites for hydroxylation is 1. The summed E-state index contributed by atoms with van der Waals surface area (Å²) in [6, 6.07) is 14.2. The molecule has 1 aliphatic heterocycles. The van der Waals surface area contributed by atoms with E-state index in [9.17, 15) is 16.8 Å². The molecule has 0 N–H and O–H groups in total. The van der Waals surface area contributed by atoms with Crippen LogP contribution in [0.4, 0.5) is 5.69 Å². The van der Waals surface area contributed by atoms with Crippen LogP contribution < -0.4 is 4.90 Å². The molecule has 2 saturated carbocycles. The standard InChI is InChI=1S/C33H50N4O4S2/c1-28-11-15-31(16-12-28)42(38,39)36-23-7-21-35(25-29-9-5-4-6-10-29)22-8-24-37(27-33(26-36)19-20-33)43(40,41)32-17-13-30(14-18-32)34(2)3/h11-18,29H,4-10,19-27H2,1-3H3. The van der Waals surface area contributed by atoms with Crippen molar-refractivity contribution in [2.75, 3.05) is 64.8 Å². The van der Waals surface area contributed by atoms with Crippen molar-refractivity contribution in [3.63, 3.8) is 0 Å². The Morgan fingerprint density at radius 2 is 1.19 bits per heavy atom. The average molecular weight is 631 g/mol. The first-order chi connectivity index (χ1) is 20.5. The van der Waals surface area contributed by atoms with E-state index in [0.29, 0.717) is 41.9 Å². The lowest BCUT2D eigenvalue weighted by Gasteiger charge is -2.34. The zero-order valence-electron chi connectivity index (χ0n) is 26.2. The zero-order chi connectivity index (χ0) is 30.7. The van der Waals surface area contributed by atoms with Gasteiger partial charge in [-0.25, -0.2) is 16.8 Å². The summed E-state index contributed by atoms with van der Waals surface area (Å²) in [5.74, 6) is 0.666. The maximum Gasteiger partial charge on any atom is 0.243 e. The van der Waals surface area contributed by atoms with Crippen molar-refractivity contribution < 1.29 is 16.8 Å². The summed E-state index contributed by atoms with van der Waals surface area (Å²) >= 11 is 0. The third kappa shape index (κ3) is 8.00. The first-order valence-corrected chi connectivity index (χ1v) is 18.9. The highest BCUT2D eigenvalue weighted by Gasteiger charge is 2.49. The lowest BCUT2D eigenvalue weighted by atomic mass is 9.89. The Balaban J connectivity index is 1.43. The molecule has 2 aromatic carbocycles. The van der Waals surface area contributed by atoms with Crippen LogP contribution in [0, 0.1) is 18.3 Å². The van der Waals surface area contributed by atoms with Gasteiger partial charge in [0.1, 0.15) is 0 Å². The molecule has 1 spiro atoms. The topological polar surface area (TPSA) is 81.2 Å². The van der Waals surface area contributed by atoms with Gasteiger partial charge in [-0.05, 0) is 106 Å². The van der Waals surface area contributed by atoms with E-state index < -0.39 is 20.0 Å². The van der Waals surface area contributed by atoms with Gasteiger partial charge in [0.2, 0.25) is 20.0 Å². The Morgan fingerprint density at radius 3 is 1.65 bits per heavy atom. The molecule has 2 aliphatic carbocycles. The third-order valence-corrected chi connectivity index (χ3v) is 13.4. The summed E-state index contributed by atoms with van der Waals surface area (Å²) in [6.45, 7) is 6.17. The van der Waals surface area contributed by atoms with Crippen LogP contribution in [0.15, 0.2) is 58.3 Å². The van der Waals surface area contributed by atoms with Crippen molar-refractivity contribution in [2.45, 2.75) is 74.5 Å². The Labute approximate surface area is 260 Å². The molecule has 3 fully saturated rings. The molecule has 0 unspecified atom stereocenters. The monoisotopic (exact) mass is 630 g/mol. The Morgan fingerprint density at radius 1 is 0.698 bits per heavy atom. The minimum Gasteiger partial charge on any atom is -0.378 e. The van der Waals surface area contributed by atoms with E-state index in [1.807, 2.05) is 50.2 Å². The average Bonchev–Trinajstić information content (AvgIpc) is 3.75. The number of sulfonamides is 2. The second-order valence-electron chi connectivity index (χ2n) is 13.4. The fraction of sp³-hybridized carbons (Fsp3) is 0.636. The molecular formula is C33H50N4O4S2. The maximum atomic E-state index is 14.1. The smallest absolute Gasteiger partial charge is 0.243 e. The summed E-state index contributed by atoms with van der Waals surface area (Å²) in [5, 5.41) is 0. The first kappa shape index (κ1) is 32.4. The molecule has 43 heavy (non-hydrogen) atoms. The highest BCUT2D eigenvalue weighted by Crippen LogP contribution is 2.48. The normalized spacial score (nSPS) is 22.1. The largest absolute Gasteiger partial charge is 0.378 e. The SMILES string of the molecule is Cc1ccc(S(=O)(=O)N2CCCN(CC3CCCCC3)CCCN(S(=O)(=O)c3ccc(N(C)C)cc3)CC3(CC3)C2)cc1. The van der Waals surface area contributed by atoms with Gasteiger partial charge >= 0.3 is 0 Å². The minimum absolute atomic E-state index is 0.296. The Hall–Kier alpha value is -1.98. The van der Waals surface area contributed by atoms with Crippen LogP contribution in [-0.4, -0.2) is 90.3 Å². The van der Waals surface area contributed by atoms with E-state index in [1.54, 1.807) is 32.9 Å². The van der Waals surface area contributed by atoms with E-state index in [2.05, 4.69) is 4.90 Å². The van der Waals surface area contributed by atoms with E-state index >= 15 is 0 Å². The molecule has 0 bridgehead atoms. The van der Waals surface area contributed by atoms with Crippen molar-refractivity contribution >= 4 is 25.7 Å². The first-order valence-electron chi connectivity index (χ1n) is 16.1. The lowest BCUT2D eigenvalue weighted by Crippen LogP contribution is -2.45. The fourth-order valence-corrected chi connectivity index (χ4v) is 9.94. The van der Waals surface area contributed by atoms with Crippen LogP contribution in [0.1, 0.15) is 63.4 Å². The Bertz CT molecular complexity index is 1420. The molecule has 3 aliphatic rings. The summed E-state index contributed by atoms with van der Waals surface area (Å²) in [7, 11) is -3.60. The molecule has 5 rings (SSSR count). The summed E-state index contributed by atoms with van der Waals surface area (Å²) in [6.07, 6.45) is 9.55. The van der Waals surface area contributed by atoms with Crippen LogP contribution in [0.25, 0.3) is 0 Å². The van der Waals surface area contributed by atoms with Gasteiger partial charge in [0.15, 0.2) is 0 Å². The van der Waals surface area contributed by atoms with Gasteiger partial charge in [0, 0.05) is 52.5 Å². The number of rotatable bonds is 7. The van der Waals surface area contributed by atoms with Gasteiger partial charge < -0.3 is 9.80 Å². The molecule has 0 amide bonds. The highest BCUT2D eigenvalue weighted by atomic mass is 32.2. The second-order valence-corrected chi connectivity index (χ2v) is 17.3. The van der Waals surface area contributed by atoms with E-state index in [0.717, 1.165) is 56.6 Å². The minimum atomic E-state index is -3.75. The van der Waals surface area contributed by atoms with Crippen LogP contribution >= 0.6 is 0 Å². The highest BCUT2D eigenvalue weighted by molar-refractivity contribution is 7.89. The van der Waals surface area contributed by atoms with Crippen molar-refractivity contribution in [3.8, 4) is 0 Å². The van der Waals surface area contributed by atoms with Crippen molar-refractivity contribution in [3.05, 3.63) is 54.1 Å². The molecular weight excluding hydrogens is 581 g/mol. The van der Waals surface area contributed by atoms with Crippen LogP contribution in [0.2, 0.25) is 0 Å². The van der Waals surface area contributed by atoms with Crippen molar-refractivity contribution in [1.29, 1.82) is 0 Å². The van der Waals surface area contributed by atoms with Crippen molar-refractivity contribution in [2.24, 2.45) is 11.3 Å². The molecule has 1 saturated heterocycles. The van der Waals surface area contributed by atoms with Crippen LogP contribution in [0.5, 0.6) is 0 Å². The number of hydrogen-bond donors (Lipinski definition) is 0. The predicted octanol–water partition coefficient (Wildman–Crippen LogP) is 5.20. The van der Waals surface area contributed by atoms with Gasteiger partial charge in [0.05, 0.1) is 9.79 Å². The molecule has 0 aromatic heterocycles. The van der Waals surface area contributed by atoms with Gasteiger partial charge in [-0.3, -0.25) is 0 Å². The molecule has 238 valence electrons. The molecule has 10 heteroatoms. The third-order valence-electron chi connectivity index (χ3n) is 9.64. The van der Waals surface area contributed by atoms with Gasteiger partial charge in [-0.15, -0.1) is 0 Å². The van der Waals surface area contributed by atoms with E-state index in [4.69, 9.17) is 0 Å². The van der Waals surface area contributed by atoms with Gasteiger partial charge in [-0.1, -0.05) is 37.0 Å². The molecule has 2 aromatic rings. The van der Waals surface area contributed by atoms with Crippen LogP contribution in [0.3, 0.4) is 0 Å². The van der Waals surface area contributed by atoms with E-state index in [1.165, 1.54) is 32.1 Å².